The number of benzene rings is 2. The molecule has 2 aromatic carbocycles. The summed E-state index contributed by atoms with van der Waals surface area (Å²) >= 11 is 0. The zero-order valence-corrected chi connectivity index (χ0v) is 19.6. The molecular formula is C28H27N3O3. The van der Waals surface area contributed by atoms with Crippen molar-refractivity contribution in [2.24, 2.45) is 0 Å². The third-order valence-corrected chi connectivity index (χ3v) is 6.33. The lowest BCUT2D eigenvalue weighted by Gasteiger charge is -2.29. The van der Waals surface area contributed by atoms with E-state index in [0.29, 0.717) is 22.8 Å². The van der Waals surface area contributed by atoms with Crippen molar-refractivity contribution in [1.82, 2.24) is 14.9 Å². The summed E-state index contributed by atoms with van der Waals surface area (Å²) in [5, 5.41) is 0.843. The van der Waals surface area contributed by atoms with Crippen LogP contribution in [0.25, 0.3) is 22.2 Å². The Bertz CT molecular complexity index is 1340. The van der Waals surface area contributed by atoms with Crippen LogP contribution in [0.2, 0.25) is 0 Å². The summed E-state index contributed by atoms with van der Waals surface area (Å²) in [5.74, 6) is 1.26. The van der Waals surface area contributed by atoms with E-state index >= 15 is 0 Å². The molecule has 4 aromatic rings. The lowest BCUT2D eigenvalue weighted by molar-refractivity contribution is 0.0672. The van der Waals surface area contributed by atoms with E-state index in [1.165, 1.54) is 0 Å². The van der Waals surface area contributed by atoms with Gasteiger partial charge in [-0.1, -0.05) is 24.3 Å². The van der Waals surface area contributed by atoms with Crippen LogP contribution >= 0.6 is 0 Å². The Balaban J connectivity index is 1.62. The number of hydrogen-bond acceptors (Lipinski definition) is 5. The molecule has 0 bridgehead atoms. The van der Waals surface area contributed by atoms with E-state index in [4.69, 9.17) is 14.5 Å². The van der Waals surface area contributed by atoms with Crippen molar-refractivity contribution in [2.75, 3.05) is 14.2 Å². The number of fused-ring (bicyclic) bond motifs is 1. The minimum absolute atomic E-state index is 0.000907. The smallest absolute Gasteiger partial charge is 0.255 e. The fourth-order valence-electron chi connectivity index (χ4n) is 4.41. The predicted octanol–water partition coefficient (Wildman–Crippen LogP) is 5.68. The molecule has 0 spiro atoms. The van der Waals surface area contributed by atoms with Gasteiger partial charge in [0, 0.05) is 23.2 Å². The normalized spacial score (nSPS) is 14.0. The predicted molar refractivity (Wildman–Crippen MR) is 132 cm³/mol. The van der Waals surface area contributed by atoms with Crippen molar-refractivity contribution in [3.63, 3.8) is 0 Å². The van der Waals surface area contributed by atoms with Crippen molar-refractivity contribution in [2.45, 2.75) is 31.8 Å². The van der Waals surface area contributed by atoms with Crippen LogP contribution in [0.3, 0.4) is 0 Å². The number of aromatic nitrogens is 2. The summed E-state index contributed by atoms with van der Waals surface area (Å²) in [5.41, 5.74) is 3.88. The Morgan fingerprint density at radius 2 is 1.74 bits per heavy atom. The summed E-state index contributed by atoms with van der Waals surface area (Å²) in [4.78, 5) is 25.5. The van der Waals surface area contributed by atoms with E-state index in [-0.39, 0.29) is 18.0 Å². The highest BCUT2D eigenvalue weighted by molar-refractivity contribution is 6.07. The Hall–Kier alpha value is -3.93. The highest BCUT2D eigenvalue weighted by atomic mass is 16.5. The summed E-state index contributed by atoms with van der Waals surface area (Å²) < 4.78 is 10.9. The van der Waals surface area contributed by atoms with Crippen molar-refractivity contribution in [3.05, 3.63) is 84.2 Å². The van der Waals surface area contributed by atoms with Crippen LogP contribution in [0.15, 0.2) is 72.9 Å². The number of nitrogens with zero attached hydrogens (tertiary/aromatic N) is 3. The van der Waals surface area contributed by atoms with Crippen LogP contribution in [0.1, 0.15) is 41.9 Å². The Kier molecular flexibility index (Phi) is 5.88. The van der Waals surface area contributed by atoms with Gasteiger partial charge >= 0.3 is 0 Å². The fourth-order valence-corrected chi connectivity index (χ4v) is 4.41. The molecule has 6 heteroatoms. The Morgan fingerprint density at radius 3 is 2.44 bits per heavy atom. The van der Waals surface area contributed by atoms with Gasteiger partial charge in [0.05, 0.1) is 42.7 Å². The van der Waals surface area contributed by atoms with E-state index in [1.807, 2.05) is 71.6 Å². The number of ether oxygens (including phenoxy) is 2. The number of methoxy groups -OCH3 is 2. The Morgan fingerprint density at radius 1 is 0.971 bits per heavy atom. The molecule has 1 fully saturated rings. The van der Waals surface area contributed by atoms with E-state index in [1.54, 1.807) is 20.4 Å². The van der Waals surface area contributed by atoms with Crippen LogP contribution in [0, 0.1) is 0 Å². The summed E-state index contributed by atoms with van der Waals surface area (Å²) in [7, 11) is 3.22. The van der Waals surface area contributed by atoms with Crippen molar-refractivity contribution >= 4 is 16.8 Å². The third-order valence-electron chi connectivity index (χ3n) is 6.33. The second kappa shape index (κ2) is 9.14. The van der Waals surface area contributed by atoms with Gasteiger partial charge in [0.2, 0.25) is 0 Å². The molecule has 1 aliphatic carbocycles. The second-order valence-electron chi connectivity index (χ2n) is 8.52. The molecule has 0 aliphatic heterocycles. The highest BCUT2D eigenvalue weighted by Crippen LogP contribution is 2.37. The molecule has 1 amide bonds. The molecule has 1 atom stereocenters. The lowest BCUT2D eigenvalue weighted by atomic mass is 10.0. The van der Waals surface area contributed by atoms with Crippen molar-refractivity contribution in [3.8, 4) is 22.8 Å². The molecule has 6 nitrogen and oxygen atoms in total. The highest BCUT2D eigenvalue weighted by Gasteiger charge is 2.37. The van der Waals surface area contributed by atoms with Crippen LogP contribution in [-0.2, 0) is 0 Å². The second-order valence-corrected chi connectivity index (χ2v) is 8.52. The Labute approximate surface area is 199 Å². The van der Waals surface area contributed by atoms with Gasteiger partial charge < -0.3 is 14.4 Å². The zero-order chi connectivity index (χ0) is 23.7. The SMILES string of the molecule is COc1ccc(-c2cc(C(=O)N(C3CC3)C(C)c3ccccn3)c3ccccc3n2)cc1OC. The van der Waals surface area contributed by atoms with E-state index in [9.17, 15) is 4.79 Å². The minimum atomic E-state index is -0.127. The maximum absolute atomic E-state index is 14.1. The number of rotatable bonds is 7. The third kappa shape index (κ3) is 4.07. The molecule has 0 N–H and O–H groups in total. The zero-order valence-electron chi connectivity index (χ0n) is 19.6. The average Bonchev–Trinajstić information content (AvgIpc) is 3.73. The molecule has 0 radical (unpaired) electrons. The monoisotopic (exact) mass is 453 g/mol. The molecule has 0 saturated heterocycles. The number of para-hydroxylation sites is 1. The van der Waals surface area contributed by atoms with E-state index < -0.39 is 0 Å². The maximum atomic E-state index is 14.1. The molecule has 1 aliphatic rings. The lowest BCUT2D eigenvalue weighted by Crippen LogP contribution is -2.36. The van der Waals surface area contributed by atoms with Gasteiger partial charge in [0.1, 0.15) is 0 Å². The van der Waals surface area contributed by atoms with Gasteiger partial charge in [-0.25, -0.2) is 4.98 Å². The molecule has 5 rings (SSSR count). The van der Waals surface area contributed by atoms with Gasteiger partial charge in [0.25, 0.3) is 5.91 Å². The number of amides is 1. The summed E-state index contributed by atoms with van der Waals surface area (Å²) in [6.07, 6.45) is 3.79. The minimum Gasteiger partial charge on any atom is -0.493 e. The average molecular weight is 454 g/mol. The van der Waals surface area contributed by atoms with Crippen molar-refractivity contribution < 1.29 is 14.3 Å². The molecule has 172 valence electrons. The van der Waals surface area contributed by atoms with Gasteiger partial charge in [-0.3, -0.25) is 9.78 Å². The quantitative estimate of drug-likeness (QED) is 0.360. The molecule has 1 saturated carbocycles. The standard InChI is InChI=1S/C28H27N3O3/c1-18(23-9-6-7-15-29-23)31(20-12-13-20)28(32)22-17-25(30-24-10-5-4-8-21(22)24)19-11-14-26(33-2)27(16-19)34-3/h4-11,14-18,20H,12-13H2,1-3H3. The largest absolute Gasteiger partial charge is 0.493 e. The number of pyridine rings is 2. The van der Waals surface area contributed by atoms with Crippen LogP contribution in [0.5, 0.6) is 11.5 Å². The fraction of sp³-hybridized carbons (Fsp3) is 0.250. The summed E-state index contributed by atoms with van der Waals surface area (Å²) in [6.45, 7) is 2.05. The van der Waals surface area contributed by atoms with Gasteiger partial charge in [0.15, 0.2) is 11.5 Å². The molecule has 2 heterocycles. The number of carbonyl (C=O) groups excluding carboxylic acids is 1. The number of carbonyl (C=O) groups is 1. The maximum Gasteiger partial charge on any atom is 0.255 e. The van der Waals surface area contributed by atoms with Gasteiger partial charge in [-0.2, -0.15) is 0 Å². The van der Waals surface area contributed by atoms with Gasteiger partial charge in [-0.05, 0) is 62.2 Å². The first-order valence-corrected chi connectivity index (χ1v) is 11.5. The van der Waals surface area contributed by atoms with Crippen LogP contribution < -0.4 is 9.47 Å². The molecule has 1 unspecified atom stereocenters. The molecule has 34 heavy (non-hydrogen) atoms. The first kappa shape index (κ1) is 21.9. The summed E-state index contributed by atoms with van der Waals surface area (Å²) in [6, 6.07) is 21.3. The first-order chi connectivity index (χ1) is 16.6. The van der Waals surface area contributed by atoms with E-state index in [0.717, 1.165) is 35.0 Å². The van der Waals surface area contributed by atoms with Crippen molar-refractivity contribution in [1.29, 1.82) is 0 Å². The van der Waals surface area contributed by atoms with E-state index in [2.05, 4.69) is 11.9 Å². The van der Waals surface area contributed by atoms with Gasteiger partial charge in [-0.15, -0.1) is 0 Å². The molecule has 2 aromatic heterocycles. The number of hydrogen-bond donors (Lipinski definition) is 0. The van der Waals surface area contributed by atoms with Crippen LogP contribution in [0.4, 0.5) is 0 Å². The van der Waals surface area contributed by atoms with Crippen LogP contribution in [-0.4, -0.2) is 41.0 Å². The topological polar surface area (TPSA) is 64.5 Å². The molecular weight excluding hydrogens is 426 g/mol. The first-order valence-electron chi connectivity index (χ1n) is 11.5.